The lowest BCUT2D eigenvalue weighted by Crippen LogP contribution is -2.44. The standard InChI is InChI=1S/C30H33N7O3.C3H6/c38-20-33-24-2-1-11-36(19-24)18-21-7-9-31-28(16-21)30(39)34-23-5-3-22(4-6-23)27-17-25-26(35-27)8-10-32-29(25)37-12-14-40-15-13-37;1-3-2/h3-10,16-17,20,24,35H,1-2,11-15,18-19H2,(H,33,38)(H,34,39);3H,1H2,2H3/t24-;/m1./s1. The van der Waals surface area contributed by atoms with Crippen molar-refractivity contribution in [3.8, 4) is 11.3 Å². The molecule has 10 heteroatoms. The highest BCUT2D eigenvalue weighted by Crippen LogP contribution is 2.30. The van der Waals surface area contributed by atoms with Gasteiger partial charge in [-0.1, -0.05) is 18.2 Å². The van der Waals surface area contributed by atoms with Crippen molar-refractivity contribution in [3.63, 3.8) is 0 Å². The van der Waals surface area contributed by atoms with Crippen LogP contribution in [-0.4, -0.2) is 77.6 Å². The Labute approximate surface area is 252 Å². The smallest absolute Gasteiger partial charge is 0.274 e. The fourth-order valence-corrected chi connectivity index (χ4v) is 5.54. The summed E-state index contributed by atoms with van der Waals surface area (Å²) in [7, 11) is 0. The minimum absolute atomic E-state index is 0.173. The largest absolute Gasteiger partial charge is 0.378 e. The molecule has 2 saturated heterocycles. The molecule has 6 rings (SSSR count). The number of ether oxygens (including phenoxy) is 1. The van der Waals surface area contributed by atoms with Crippen molar-refractivity contribution >= 4 is 34.7 Å². The molecule has 2 fully saturated rings. The summed E-state index contributed by atoms with van der Waals surface area (Å²) in [5, 5.41) is 6.94. The molecule has 3 aromatic heterocycles. The lowest BCUT2D eigenvalue weighted by molar-refractivity contribution is -0.110. The van der Waals surface area contributed by atoms with Crippen LogP contribution in [0.3, 0.4) is 0 Å². The Bertz CT molecular complexity index is 1530. The van der Waals surface area contributed by atoms with Gasteiger partial charge >= 0.3 is 0 Å². The minimum Gasteiger partial charge on any atom is -0.378 e. The molecule has 2 aliphatic heterocycles. The molecule has 224 valence electrons. The van der Waals surface area contributed by atoms with Gasteiger partial charge in [0.15, 0.2) is 0 Å². The second-order valence-electron chi connectivity index (χ2n) is 10.7. The van der Waals surface area contributed by atoms with Crippen LogP contribution in [0.15, 0.2) is 73.6 Å². The number of carbonyl (C=O) groups excluding carboxylic acids is 2. The Balaban J connectivity index is 0.00000118. The highest BCUT2D eigenvalue weighted by molar-refractivity contribution is 6.03. The summed E-state index contributed by atoms with van der Waals surface area (Å²) in [6, 6.07) is 15.9. The fraction of sp³-hybridized carbons (Fsp3) is 0.333. The van der Waals surface area contributed by atoms with Crippen LogP contribution in [0.5, 0.6) is 0 Å². The number of aromatic nitrogens is 3. The van der Waals surface area contributed by atoms with Gasteiger partial charge in [0, 0.05) is 61.4 Å². The molecule has 0 radical (unpaired) electrons. The Morgan fingerprint density at radius 1 is 1.09 bits per heavy atom. The zero-order valence-corrected chi connectivity index (χ0v) is 24.6. The first kappa shape index (κ1) is 29.9. The van der Waals surface area contributed by atoms with Crippen LogP contribution in [0.1, 0.15) is 35.8 Å². The molecule has 1 atom stereocenters. The van der Waals surface area contributed by atoms with Crippen LogP contribution in [0, 0.1) is 0 Å². The first-order valence-electron chi connectivity index (χ1n) is 14.7. The number of aromatic amines is 1. The molecule has 4 aromatic rings. The number of H-pyrrole nitrogens is 1. The van der Waals surface area contributed by atoms with Gasteiger partial charge in [0.05, 0.1) is 18.7 Å². The summed E-state index contributed by atoms with van der Waals surface area (Å²) in [4.78, 5) is 40.8. The molecule has 1 aromatic carbocycles. The van der Waals surface area contributed by atoms with Crippen molar-refractivity contribution in [2.45, 2.75) is 32.4 Å². The van der Waals surface area contributed by atoms with Crippen molar-refractivity contribution in [2.24, 2.45) is 0 Å². The first-order chi connectivity index (χ1) is 21.1. The third kappa shape index (κ3) is 7.65. The Morgan fingerprint density at radius 3 is 2.63 bits per heavy atom. The highest BCUT2D eigenvalue weighted by atomic mass is 16.5. The van der Waals surface area contributed by atoms with Crippen molar-refractivity contribution < 1.29 is 14.3 Å². The van der Waals surface area contributed by atoms with E-state index in [2.05, 4.69) is 48.0 Å². The van der Waals surface area contributed by atoms with Crippen LogP contribution in [0.4, 0.5) is 11.5 Å². The van der Waals surface area contributed by atoms with E-state index in [4.69, 9.17) is 4.74 Å². The number of benzene rings is 1. The van der Waals surface area contributed by atoms with E-state index in [0.29, 0.717) is 31.1 Å². The number of morpholine rings is 1. The Morgan fingerprint density at radius 2 is 1.86 bits per heavy atom. The van der Waals surface area contributed by atoms with E-state index in [9.17, 15) is 9.59 Å². The molecular formula is C33H39N7O3. The summed E-state index contributed by atoms with van der Waals surface area (Å²) in [5.41, 5.74) is 5.15. The number of carbonyl (C=O) groups is 2. The van der Waals surface area contributed by atoms with Crippen molar-refractivity contribution in [1.29, 1.82) is 0 Å². The summed E-state index contributed by atoms with van der Waals surface area (Å²) < 4.78 is 5.50. The second kappa shape index (κ2) is 14.6. The molecule has 0 spiro atoms. The average Bonchev–Trinajstić information content (AvgIpc) is 3.48. The lowest BCUT2D eigenvalue weighted by atomic mass is 10.1. The van der Waals surface area contributed by atoms with Crippen LogP contribution in [-0.2, 0) is 16.1 Å². The zero-order chi connectivity index (χ0) is 30.0. The van der Waals surface area contributed by atoms with Gasteiger partial charge in [0.1, 0.15) is 11.5 Å². The number of hydrogen-bond donors (Lipinski definition) is 3. The Hall–Kier alpha value is -4.54. The number of fused-ring (bicyclic) bond motifs is 1. The number of pyridine rings is 2. The predicted molar refractivity (Wildman–Crippen MR) is 170 cm³/mol. The first-order valence-corrected chi connectivity index (χ1v) is 14.7. The molecule has 0 aliphatic carbocycles. The molecule has 0 saturated carbocycles. The quantitative estimate of drug-likeness (QED) is 0.206. The van der Waals surface area contributed by atoms with E-state index in [0.717, 1.165) is 79.0 Å². The number of amides is 2. The van der Waals surface area contributed by atoms with Gasteiger partial charge in [0.25, 0.3) is 5.91 Å². The lowest BCUT2D eigenvalue weighted by Gasteiger charge is -2.32. The van der Waals surface area contributed by atoms with Crippen LogP contribution >= 0.6 is 0 Å². The van der Waals surface area contributed by atoms with Gasteiger partial charge in [-0.15, -0.1) is 6.58 Å². The van der Waals surface area contributed by atoms with Crippen LogP contribution in [0.25, 0.3) is 22.2 Å². The molecule has 2 aliphatic rings. The molecule has 43 heavy (non-hydrogen) atoms. The van der Waals surface area contributed by atoms with Crippen molar-refractivity contribution in [1.82, 2.24) is 25.2 Å². The van der Waals surface area contributed by atoms with Gasteiger partial charge in [0.2, 0.25) is 6.41 Å². The molecular weight excluding hydrogens is 542 g/mol. The highest BCUT2D eigenvalue weighted by Gasteiger charge is 2.20. The van der Waals surface area contributed by atoms with Gasteiger partial charge in [-0.05, 0) is 73.8 Å². The summed E-state index contributed by atoms with van der Waals surface area (Å²) in [5.74, 6) is 0.722. The fourth-order valence-electron chi connectivity index (χ4n) is 5.54. The third-order valence-corrected chi connectivity index (χ3v) is 7.56. The number of nitrogens with zero attached hydrogens (tertiary/aromatic N) is 4. The number of hydrogen-bond acceptors (Lipinski definition) is 7. The monoisotopic (exact) mass is 581 g/mol. The van der Waals surface area contributed by atoms with Crippen molar-refractivity contribution in [3.05, 3.63) is 84.8 Å². The summed E-state index contributed by atoms with van der Waals surface area (Å²) in [6.45, 7) is 10.8. The predicted octanol–water partition coefficient (Wildman–Crippen LogP) is 4.62. The zero-order valence-electron chi connectivity index (χ0n) is 24.6. The second-order valence-corrected chi connectivity index (χ2v) is 10.7. The van der Waals surface area contributed by atoms with Crippen LogP contribution < -0.4 is 15.5 Å². The molecule has 2 amide bonds. The topological polar surface area (TPSA) is 115 Å². The molecule has 10 nitrogen and oxygen atoms in total. The van der Waals surface area contributed by atoms with E-state index in [1.807, 2.05) is 55.6 Å². The van der Waals surface area contributed by atoms with Gasteiger partial charge in [-0.25, -0.2) is 4.98 Å². The van der Waals surface area contributed by atoms with E-state index in [1.54, 1.807) is 12.3 Å². The maximum atomic E-state index is 13.0. The van der Waals surface area contributed by atoms with E-state index < -0.39 is 0 Å². The summed E-state index contributed by atoms with van der Waals surface area (Å²) >= 11 is 0. The molecule has 0 bridgehead atoms. The molecule has 5 heterocycles. The third-order valence-electron chi connectivity index (χ3n) is 7.56. The average molecular weight is 582 g/mol. The maximum Gasteiger partial charge on any atom is 0.274 e. The SMILES string of the molecule is C=CC.O=CN[C@@H]1CCCN(Cc2ccnc(C(=O)Nc3ccc(-c4cc5c(N6CCOCC6)nccc5[nH]4)cc3)c2)C1. The van der Waals surface area contributed by atoms with Gasteiger partial charge in [-0.2, -0.15) is 0 Å². The number of anilines is 2. The normalized spacial score (nSPS) is 17.0. The minimum atomic E-state index is -0.249. The van der Waals surface area contributed by atoms with E-state index >= 15 is 0 Å². The number of nitrogens with one attached hydrogen (secondary N) is 3. The van der Waals surface area contributed by atoms with E-state index in [-0.39, 0.29) is 11.9 Å². The summed E-state index contributed by atoms with van der Waals surface area (Å²) in [6.07, 6.45) is 8.06. The van der Waals surface area contributed by atoms with Gasteiger partial charge < -0.3 is 25.3 Å². The van der Waals surface area contributed by atoms with Gasteiger partial charge in [-0.3, -0.25) is 19.5 Å². The molecule has 3 N–H and O–H groups in total. The number of likely N-dealkylation sites (tertiary alicyclic amines) is 1. The number of rotatable bonds is 8. The number of piperidine rings is 1. The molecule has 0 unspecified atom stereocenters. The van der Waals surface area contributed by atoms with E-state index in [1.165, 1.54) is 0 Å². The Kier molecular flexibility index (Phi) is 10.1. The maximum absolute atomic E-state index is 13.0. The van der Waals surface area contributed by atoms with Crippen LogP contribution in [0.2, 0.25) is 0 Å². The van der Waals surface area contributed by atoms with Crippen molar-refractivity contribution in [2.75, 3.05) is 49.6 Å². The number of allylic oxidation sites excluding steroid dienone is 1.